The number of nitrogens with zero attached hydrogens (tertiary/aromatic N) is 1. The number of benzene rings is 1. The van der Waals surface area contributed by atoms with Gasteiger partial charge < -0.3 is 5.11 Å². The van der Waals surface area contributed by atoms with Crippen LogP contribution in [0.4, 0.5) is 0 Å². The fraction of sp³-hybridized carbons (Fsp3) is 0.267. The minimum absolute atomic E-state index is 0.471. The standard InChI is InChI=1S/C15H17NO/c1-2-12-7-3-4-9-14(12)15(17)11-13-8-5-6-10-16-13/h3-10,15,17H,2,11H2,1H3. The zero-order valence-electron chi connectivity index (χ0n) is 10.0. The Kier molecular flexibility index (Phi) is 3.89. The predicted octanol–water partition coefficient (Wildman–Crippen LogP) is 2.92. The van der Waals surface area contributed by atoms with Crippen molar-refractivity contribution in [2.24, 2.45) is 0 Å². The summed E-state index contributed by atoms with van der Waals surface area (Å²) in [6, 6.07) is 13.8. The minimum Gasteiger partial charge on any atom is -0.388 e. The highest BCUT2D eigenvalue weighted by molar-refractivity contribution is 5.29. The molecular weight excluding hydrogens is 210 g/mol. The van der Waals surface area contributed by atoms with Gasteiger partial charge in [0.2, 0.25) is 0 Å². The number of aliphatic hydroxyl groups excluding tert-OH is 1. The topological polar surface area (TPSA) is 33.1 Å². The van der Waals surface area contributed by atoms with Crippen molar-refractivity contribution in [1.82, 2.24) is 4.98 Å². The lowest BCUT2D eigenvalue weighted by atomic mass is 9.97. The average Bonchev–Trinajstić information content (AvgIpc) is 2.40. The van der Waals surface area contributed by atoms with Gasteiger partial charge in [-0.2, -0.15) is 0 Å². The van der Waals surface area contributed by atoms with Crippen LogP contribution in [0.25, 0.3) is 0 Å². The molecule has 0 fully saturated rings. The number of rotatable bonds is 4. The first-order chi connectivity index (χ1) is 8.31. The van der Waals surface area contributed by atoms with Crippen LogP contribution in [-0.4, -0.2) is 10.1 Å². The van der Waals surface area contributed by atoms with E-state index in [1.165, 1.54) is 5.56 Å². The highest BCUT2D eigenvalue weighted by Crippen LogP contribution is 2.21. The molecule has 0 amide bonds. The second-order valence-corrected chi connectivity index (χ2v) is 4.09. The molecule has 1 unspecified atom stereocenters. The van der Waals surface area contributed by atoms with Crippen LogP contribution in [0, 0.1) is 0 Å². The van der Waals surface area contributed by atoms with E-state index in [1.807, 2.05) is 36.4 Å². The Balaban J connectivity index is 2.17. The molecule has 0 saturated carbocycles. The lowest BCUT2D eigenvalue weighted by molar-refractivity contribution is 0.176. The molecule has 0 aliphatic heterocycles. The molecule has 1 N–H and O–H groups in total. The first-order valence-corrected chi connectivity index (χ1v) is 5.97. The van der Waals surface area contributed by atoms with Gasteiger partial charge in [0.25, 0.3) is 0 Å². The van der Waals surface area contributed by atoms with Crippen molar-refractivity contribution in [2.45, 2.75) is 25.9 Å². The van der Waals surface area contributed by atoms with E-state index in [-0.39, 0.29) is 0 Å². The maximum Gasteiger partial charge on any atom is 0.0848 e. The van der Waals surface area contributed by atoms with E-state index in [4.69, 9.17) is 0 Å². The Morgan fingerprint density at radius 2 is 1.88 bits per heavy atom. The molecule has 1 atom stereocenters. The summed E-state index contributed by atoms with van der Waals surface area (Å²) in [4.78, 5) is 4.24. The monoisotopic (exact) mass is 227 g/mol. The van der Waals surface area contributed by atoms with Crippen LogP contribution in [-0.2, 0) is 12.8 Å². The molecule has 0 radical (unpaired) electrons. The van der Waals surface area contributed by atoms with Crippen LogP contribution in [0.1, 0.15) is 29.8 Å². The third kappa shape index (κ3) is 2.92. The fourth-order valence-electron chi connectivity index (χ4n) is 2.01. The smallest absolute Gasteiger partial charge is 0.0848 e. The van der Waals surface area contributed by atoms with Crippen molar-refractivity contribution in [3.05, 3.63) is 65.5 Å². The van der Waals surface area contributed by atoms with Crippen LogP contribution in [0.15, 0.2) is 48.7 Å². The molecule has 2 aromatic rings. The summed E-state index contributed by atoms with van der Waals surface area (Å²) in [6.07, 6.45) is 2.79. The van der Waals surface area contributed by atoms with E-state index in [0.29, 0.717) is 6.42 Å². The van der Waals surface area contributed by atoms with Crippen LogP contribution < -0.4 is 0 Å². The van der Waals surface area contributed by atoms with Gasteiger partial charge in [0.05, 0.1) is 6.10 Å². The maximum atomic E-state index is 10.2. The summed E-state index contributed by atoms with van der Waals surface area (Å²) in [5.41, 5.74) is 3.14. The first-order valence-electron chi connectivity index (χ1n) is 5.97. The van der Waals surface area contributed by atoms with Crippen LogP contribution >= 0.6 is 0 Å². The molecule has 2 rings (SSSR count). The van der Waals surface area contributed by atoms with Crippen molar-refractivity contribution in [2.75, 3.05) is 0 Å². The first kappa shape index (κ1) is 11.8. The van der Waals surface area contributed by atoms with Gasteiger partial charge in [-0.25, -0.2) is 0 Å². The van der Waals surface area contributed by atoms with Gasteiger partial charge in [0.1, 0.15) is 0 Å². The molecule has 17 heavy (non-hydrogen) atoms. The average molecular weight is 227 g/mol. The van der Waals surface area contributed by atoms with Crippen LogP contribution in [0.3, 0.4) is 0 Å². The largest absolute Gasteiger partial charge is 0.388 e. The Hall–Kier alpha value is -1.67. The summed E-state index contributed by atoms with van der Waals surface area (Å²) in [5, 5.41) is 10.2. The van der Waals surface area contributed by atoms with Gasteiger partial charge in [0.15, 0.2) is 0 Å². The quantitative estimate of drug-likeness (QED) is 0.871. The molecule has 88 valence electrons. The Labute approximate surface area is 102 Å². The molecule has 2 nitrogen and oxygen atoms in total. The Morgan fingerprint density at radius 3 is 2.59 bits per heavy atom. The Morgan fingerprint density at radius 1 is 1.12 bits per heavy atom. The van der Waals surface area contributed by atoms with E-state index in [0.717, 1.165) is 17.7 Å². The zero-order valence-corrected chi connectivity index (χ0v) is 10.0. The van der Waals surface area contributed by atoms with Crippen molar-refractivity contribution in [3.8, 4) is 0 Å². The van der Waals surface area contributed by atoms with Crippen LogP contribution in [0.2, 0.25) is 0 Å². The Bertz CT molecular complexity index is 467. The number of aromatic nitrogens is 1. The number of aliphatic hydroxyl groups is 1. The molecule has 0 saturated heterocycles. The van der Waals surface area contributed by atoms with Crippen molar-refractivity contribution in [1.29, 1.82) is 0 Å². The molecule has 1 aromatic heterocycles. The number of hydrogen-bond acceptors (Lipinski definition) is 2. The molecule has 0 aliphatic rings. The van der Waals surface area contributed by atoms with E-state index in [1.54, 1.807) is 6.20 Å². The van der Waals surface area contributed by atoms with Gasteiger partial charge >= 0.3 is 0 Å². The molecule has 0 bridgehead atoms. The van der Waals surface area contributed by atoms with Crippen molar-refractivity contribution in [3.63, 3.8) is 0 Å². The molecule has 0 spiro atoms. The summed E-state index contributed by atoms with van der Waals surface area (Å²) in [6.45, 7) is 2.10. The van der Waals surface area contributed by atoms with Gasteiger partial charge in [-0.15, -0.1) is 0 Å². The molecule has 1 heterocycles. The van der Waals surface area contributed by atoms with E-state index in [9.17, 15) is 5.11 Å². The summed E-state index contributed by atoms with van der Waals surface area (Å²) < 4.78 is 0. The zero-order chi connectivity index (χ0) is 12.1. The minimum atomic E-state index is -0.471. The van der Waals surface area contributed by atoms with Gasteiger partial charge in [-0.3, -0.25) is 4.98 Å². The predicted molar refractivity (Wildman–Crippen MR) is 68.7 cm³/mol. The molecule has 1 aromatic carbocycles. The SMILES string of the molecule is CCc1ccccc1C(O)Cc1ccccn1. The number of hydrogen-bond donors (Lipinski definition) is 1. The van der Waals surface area contributed by atoms with Gasteiger partial charge in [0, 0.05) is 18.3 Å². The highest BCUT2D eigenvalue weighted by atomic mass is 16.3. The van der Waals surface area contributed by atoms with E-state index < -0.39 is 6.10 Å². The van der Waals surface area contributed by atoms with Gasteiger partial charge in [-0.05, 0) is 29.7 Å². The second-order valence-electron chi connectivity index (χ2n) is 4.09. The fourth-order valence-corrected chi connectivity index (χ4v) is 2.01. The highest BCUT2D eigenvalue weighted by Gasteiger charge is 2.12. The third-order valence-corrected chi connectivity index (χ3v) is 2.92. The number of pyridine rings is 1. The van der Waals surface area contributed by atoms with Gasteiger partial charge in [-0.1, -0.05) is 37.3 Å². The van der Waals surface area contributed by atoms with Crippen molar-refractivity contribution < 1.29 is 5.11 Å². The normalized spacial score (nSPS) is 12.4. The van der Waals surface area contributed by atoms with Crippen molar-refractivity contribution >= 4 is 0 Å². The lowest BCUT2D eigenvalue weighted by Gasteiger charge is -2.14. The summed E-state index contributed by atoms with van der Waals surface area (Å²) in [5.74, 6) is 0. The summed E-state index contributed by atoms with van der Waals surface area (Å²) >= 11 is 0. The van der Waals surface area contributed by atoms with E-state index >= 15 is 0 Å². The lowest BCUT2D eigenvalue weighted by Crippen LogP contribution is -2.06. The maximum absolute atomic E-state index is 10.2. The van der Waals surface area contributed by atoms with E-state index in [2.05, 4.69) is 18.0 Å². The molecule has 0 aliphatic carbocycles. The number of aryl methyl sites for hydroxylation is 1. The summed E-state index contributed by atoms with van der Waals surface area (Å²) in [7, 11) is 0. The molecule has 2 heteroatoms. The third-order valence-electron chi connectivity index (χ3n) is 2.92. The second kappa shape index (κ2) is 5.60. The van der Waals surface area contributed by atoms with Crippen LogP contribution in [0.5, 0.6) is 0 Å². The molecular formula is C15H17NO.